The fourth-order valence-electron chi connectivity index (χ4n) is 3.14. The molecule has 1 aromatic rings. The Labute approximate surface area is 124 Å². The highest BCUT2D eigenvalue weighted by atomic mass is 15.2. The minimum atomic E-state index is 0.651. The molecule has 0 saturated heterocycles. The van der Waals surface area contributed by atoms with E-state index in [1.54, 1.807) is 0 Å². The van der Waals surface area contributed by atoms with Crippen molar-refractivity contribution in [2.24, 2.45) is 0 Å². The predicted molar refractivity (Wildman–Crippen MR) is 88.3 cm³/mol. The van der Waals surface area contributed by atoms with Crippen LogP contribution in [0.4, 0.5) is 5.69 Å². The van der Waals surface area contributed by atoms with Crippen LogP contribution in [-0.4, -0.2) is 19.1 Å². The van der Waals surface area contributed by atoms with E-state index in [0.29, 0.717) is 6.04 Å². The molecule has 0 radical (unpaired) electrons. The molecule has 1 unspecified atom stereocenters. The Hall–Kier alpha value is -1.02. The first kappa shape index (κ1) is 15.4. The zero-order valence-electron chi connectivity index (χ0n) is 13.2. The number of benzene rings is 1. The second kappa shape index (κ2) is 8.31. The molecule has 0 saturated carbocycles. The van der Waals surface area contributed by atoms with Crippen LogP contribution in [0.5, 0.6) is 0 Å². The predicted octanol–water partition coefficient (Wildman–Crippen LogP) is 4.35. The van der Waals surface area contributed by atoms with Crippen LogP contribution in [0.25, 0.3) is 0 Å². The maximum Gasteiger partial charge on any atom is 0.0414 e. The smallest absolute Gasteiger partial charge is 0.0414 e. The second-order valence-electron chi connectivity index (χ2n) is 6.05. The lowest BCUT2D eigenvalue weighted by molar-refractivity contribution is 0.528. The van der Waals surface area contributed by atoms with Gasteiger partial charge in [-0.3, -0.25) is 0 Å². The quantitative estimate of drug-likeness (QED) is 0.744. The third-order valence-electron chi connectivity index (χ3n) is 4.40. The number of para-hydroxylation sites is 1. The summed E-state index contributed by atoms with van der Waals surface area (Å²) >= 11 is 0. The van der Waals surface area contributed by atoms with Crippen molar-refractivity contribution >= 4 is 5.69 Å². The van der Waals surface area contributed by atoms with E-state index in [9.17, 15) is 0 Å². The summed E-state index contributed by atoms with van der Waals surface area (Å²) in [6.45, 7) is 7.91. The van der Waals surface area contributed by atoms with Gasteiger partial charge in [0.05, 0.1) is 0 Å². The Kier molecular flexibility index (Phi) is 6.38. The fraction of sp³-hybridized carbons (Fsp3) is 0.667. The number of anilines is 1. The van der Waals surface area contributed by atoms with Gasteiger partial charge in [0.25, 0.3) is 0 Å². The minimum absolute atomic E-state index is 0.651. The summed E-state index contributed by atoms with van der Waals surface area (Å²) in [6.07, 6.45) is 8.21. The highest BCUT2D eigenvalue weighted by Crippen LogP contribution is 2.25. The molecule has 20 heavy (non-hydrogen) atoms. The molecule has 2 heteroatoms. The number of nitrogens with zero attached hydrogens (tertiary/aromatic N) is 1. The van der Waals surface area contributed by atoms with Crippen LogP contribution in [0.3, 0.4) is 0 Å². The van der Waals surface area contributed by atoms with E-state index in [1.165, 1.54) is 49.8 Å². The molecule has 0 aliphatic carbocycles. The number of hydrogen-bond donors (Lipinski definition) is 1. The first-order chi connectivity index (χ1) is 9.83. The van der Waals surface area contributed by atoms with Crippen molar-refractivity contribution in [1.29, 1.82) is 0 Å². The Bertz CT molecular complexity index is 389. The maximum absolute atomic E-state index is 3.53. The standard InChI is InChI=1S/C18H30N2/c1-3-4-5-6-7-10-16(2)20-14-13-19-15-17-11-8-9-12-18(17)20/h8-9,11-12,16,19H,3-7,10,13-15H2,1-2H3. The van der Waals surface area contributed by atoms with Gasteiger partial charge in [-0.05, 0) is 25.0 Å². The molecule has 0 amide bonds. The minimum Gasteiger partial charge on any atom is -0.367 e. The first-order valence-electron chi connectivity index (χ1n) is 8.38. The van der Waals surface area contributed by atoms with E-state index in [-0.39, 0.29) is 0 Å². The molecule has 1 N–H and O–H groups in total. The number of rotatable bonds is 7. The Balaban J connectivity index is 1.90. The maximum atomic E-state index is 3.53. The van der Waals surface area contributed by atoms with Crippen molar-refractivity contribution in [2.45, 2.75) is 65.0 Å². The Morgan fingerprint density at radius 1 is 1.15 bits per heavy atom. The molecule has 2 rings (SSSR count). The lowest BCUT2D eigenvalue weighted by Gasteiger charge is -2.31. The highest BCUT2D eigenvalue weighted by molar-refractivity contribution is 5.55. The van der Waals surface area contributed by atoms with Crippen LogP contribution in [0, 0.1) is 0 Å². The van der Waals surface area contributed by atoms with Crippen molar-refractivity contribution in [1.82, 2.24) is 5.32 Å². The summed E-state index contributed by atoms with van der Waals surface area (Å²) in [5, 5.41) is 3.53. The molecule has 1 aromatic carbocycles. The van der Waals surface area contributed by atoms with Crippen molar-refractivity contribution in [2.75, 3.05) is 18.0 Å². The second-order valence-corrected chi connectivity index (χ2v) is 6.05. The van der Waals surface area contributed by atoms with E-state index in [1.807, 2.05) is 0 Å². The Morgan fingerprint density at radius 2 is 1.95 bits per heavy atom. The first-order valence-corrected chi connectivity index (χ1v) is 8.38. The van der Waals surface area contributed by atoms with Crippen molar-refractivity contribution in [3.8, 4) is 0 Å². The highest BCUT2D eigenvalue weighted by Gasteiger charge is 2.18. The van der Waals surface area contributed by atoms with Crippen LogP contribution in [0.15, 0.2) is 24.3 Å². The fourth-order valence-corrected chi connectivity index (χ4v) is 3.14. The van der Waals surface area contributed by atoms with Gasteiger partial charge in [-0.1, -0.05) is 57.2 Å². The van der Waals surface area contributed by atoms with Crippen LogP contribution in [-0.2, 0) is 6.54 Å². The van der Waals surface area contributed by atoms with Gasteiger partial charge < -0.3 is 10.2 Å². The zero-order valence-corrected chi connectivity index (χ0v) is 13.2. The van der Waals surface area contributed by atoms with E-state index in [2.05, 4.69) is 48.3 Å². The van der Waals surface area contributed by atoms with Crippen molar-refractivity contribution in [3.05, 3.63) is 29.8 Å². The van der Waals surface area contributed by atoms with Crippen LogP contribution in [0.2, 0.25) is 0 Å². The molecular weight excluding hydrogens is 244 g/mol. The van der Waals surface area contributed by atoms with Crippen LogP contribution in [0.1, 0.15) is 57.9 Å². The Morgan fingerprint density at radius 3 is 2.80 bits per heavy atom. The number of unbranched alkanes of at least 4 members (excludes halogenated alkanes) is 4. The molecule has 1 aliphatic rings. The monoisotopic (exact) mass is 274 g/mol. The third kappa shape index (κ3) is 4.24. The zero-order chi connectivity index (χ0) is 14.2. The molecule has 1 heterocycles. The average Bonchev–Trinajstić information content (AvgIpc) is 2.69. The number of fused-ring (bicyclic) bond motifs is 1. The number of nitrogens with one attached hydrogen (secondary N) is 1. The largest absolute Gasteiger partial charge is 0.367 e. The van der Waals surface area contributed by atoms with Crippen LogP contribution >= 0.6 is 0 Å². The molecule has 112 valence electrons. The molecule has 0 spiro atoms. The topological polar surface area (TPSA) is 15.3 Å². The average molecular weight is 274 g/mol. The van der Waals surface area contributed by atoms with E-state index in [0.717, 1.165) is 19.6 Å². The van der Waals surface area contributed by atoms with E-state index >= 15 is 0 Å². The summed E-state index contributed by atoms with van der Waals surface area (Å²) in [5.74, 6) is 0. The van der Waals surface area contributed by atoms with Gasteiger partial charge in [-0.15, -0.1) is 0 Å². The summed E-state index contributed by atoms with van der Waals surface area (Å²) in [7, 11) is 0. The van der Waals surface area contributed by atoms with Crippen LogP contribution < -0.4 is 10.2 Å². The summed E-state index contributed by atoms with van der Waals surface area (Å²) < 4.78 is 0. The van der Waals surface area contributed by atoms with Gasteiger partial charge in [0, 0.05) is 31.4 Å². The van der Waals surface area contributed by atoms with Crippen molar-refractivity contribution in [3.63, 3.8) is 0 Å². The molecule has 1 aliphatic heterocycles. The number of hydrogen-bond acceptors (Lipinski definition) is 2. The summed E-state index contributed by atoms with van der Waals surface area (Å²) in [4.78, 5) is 2.61. The molecule has 1 atom stereocenters. The summed E-state index contributed by atoms with van der Waals surface area (Å²) in [5.41, 5.74) is 2.89. The van der Waals surface area contributed by atoms with Crippen molar-refractivity contribution < 1.29 is 0 Å². The van der Waals surface area contributed by atoms with Gasteiger partial charge in [-0.2, -0.15) is 0 Å². The molecule has 0 bridgehead atoms. The lowest BCUT2D eigenvalue weighted by Crippen LogP contribution is -2.36. The SMILES string of the molecule is CCCCCCCC(C)N1CCNCc2ccccc21. The van der Waals surface area contributed by atoms with Gasteiger partial charge >= 0.3 is 0 Å². The molecule has 2 nitrogen and oxygen atoms in total. The van der Waals surface area contributed by atoms with Gasteiger partial charge in [0.2, 0.25) is 0 Å². The van der Waals surface area contributed by atoms with Gasteiger partial charge in [0.1, 0.15) is 0 Å². The van der Waals surface area contributed by atoms with Gasteiger partial charge in [0.15, 0.2) is 0 Å². The van der Waals surface area contributed by atoms with E-state index < -0.39 is 0 Å². The third-order valence-corrected chi connectivity index (χ3v) is 4.40. The molecule has 0 aromatic heterocycles. The summed E-state index contributed by atoms with van der Waals surface area (Å²) in [6, 6.07) is 9.52. The molecule has 0 fully saturated rings. The lowest BCUT2D eigenvalue weighted by atomic mass is 10.0. The molecular formula is C18H30N2. The van der Waals surface area contributed by atoms with E-state index in [4.69, 9.17) is 0 Å². The normalized spacial score (nSPS) is 16.6. The van der Waals surface area contributed by atoms with Gasteiger partial charge in [-0.25, -0.2) is 0 Å².